The summed E-state index contributed by atoms with van der Waals surface area (Å²) < 4.78 is 0. The van der Waals surface area contributed by atoms with Crippen molar-refractivity contribution in [1.82, 2.24) is 57.8 Å². The number of guanidine groups is 2. The molecule has 0 spiro atoms. The van der Waals surface area contributed by atoms with Crippen LogP contribution in [-0.4, -0.2) is 162 Å². The number of carbonyl (C=O) groups excluding carboxylic acids is 9. The number of hydrogen-bond acceptors (Lipinski definition) is 14. The van der Waals surface area contributed by atoms with Crippen LogP contribution < -0.4 is 88.0 Å². The number of hydrogen-bond donors (Lipinski definition) is 18. The normalized spacial score (nSPS) is 22.2. The van der Waals surface area contributed by atoms with Crippen molar-refractivity contribution in [2.24, 2.45) is 62.0 Å². The maximum absolute atomic E-state index is 15.2. The molecule has 29 heteroatoms. The lowest BCUT2D eigenvalue weighted by Gasteiger charge is -2.29. The number of amides is 9. The van der Waals surface area contributed by atoms with Gasteiger partial charge >= 0.3 is 0 Å². The zero-order valence-electron chi connectivity index (χ0n) is 54.3. The van der Waals surface area contributed by atoms with Crippen LogP contribution in [0.2, 0.25) is 0 Å². The molecule has 0 aliphatic carbocycles. The van der Waals surface area contributed by atoms with E-state index in [1.165, 1.54) is 0 Å². The standard InChI is InChI=1S/C64H102N20O9/c1-37(2)31-50-59(90)80-47(23-11-14-28-67)56(87)76-45(21-9-12-26-65)54(85)78-48(24-15-29-72-63(68)69)57(88)77-46(22-10-13-27-66)55(86)79-49(25-16-30-73-64(70)71)58(89)83-52(33-39-35-74-43-19-7-5-17-41(39)43)61(92)82-51(32-38(3)4)60(91)84-53(62(93)81-50)34-40-36-75-44-20-8-6-18-42(40)44/h5-8,17-20,35-38,45-53,74-75H,9-16,21-34,65-67H2,1-4H3,(H,76,87)(H,77,88)(H,78,85)(H,79,86)(H,80,90)(H,81,93)(H,82,92)(H,83,89)(H,84,91)(H4,68,69,72)(H4,70,71,73)/t45-,46-,47-,48-,49-,50-,51-,52-,53-/m0/s1. The summed E-state index contributed by atoms with van der Waals surface area (Å²) in [6.45, 7) is 8.27. The fourth-order valence-electron chi connectivity index (χ4n) is 11.1. The third-order valence-electron chi connectivity index (χ3n) is 16.0. The lowest BCUT2D eigenvalue weighted by atomic mass is 9.98. The highest BCUT2D eigenvalue weighted by Gasteiger charge is 2.37. The number of aromatic nitrogens is 2. The molecule has 9 amide bonds. The predicted molar refractivity (Wildman–Crippen MR) is 359 cm³/mol. The summed E-state index contributed by atoms with van der Waals surface area (Å²) in [5.41, 5.74) is 43.1. The minimum Gasteiger partial charge on any atom is -0.370 e. The number of carbonyl (C=O) groups is 9. The van der Waals surface area contributed by atoms with Gasteiger partial charge in [-0.3, -0.25) is 53.1 Å². The molecule has 3 heterocycles. The highest BCUT2D eigenvalue weighted by atomic mass is 16.2. The average molecular weight is 1300 g/mol. The maximum Gasteiger partial charge on any atom is 0.243 e. The minimum atomic E-state index is -1.41. The molecule has 1 saturated heterocycles. The van der Waals surface area contributed by atoms with Crippen LogP contribution in [0.15, 0.2) is 70.9 Å². The quantitative estimate of drug-likeness (QED) is 0.0192. The van der Waals surface area contributed by atoms with Gasteiger partial charge in [-0.25, -0.2) is 0 Å². The van der Waals surface area contributed by atoms with Gasteiger partial charge in [-0.05, 0) is 151 Å². The largest absolute Gasteiger partial charge is 0.370 e. The Balaban J connectivity index is 1.70. The number of H-pyrrole nitrogens is 2. The summed E-state index contributed by atoms with van der Waals surface area (Å²) in [5.74, 6) is -7.78. The van der Waals surface area contributed by atoms with Gasteiger partial charge in [0, 0.05) is 60.1 Å². The van der Waals surface area contributed by atoms with Crippen molar-refractivity contribution in [3.05, 3.63) is 72.1 Å². The average Bonchev–Trinajstić information content (AvgIpc) is 1.75. The second kappa shape index (κ2) is 38.9. The molecule has 1 fully saturated rings. The summed E-state index contributed by atoms with van der Waals surface area (Å²) >= 11 is 0. The first-order chi connectivity index (χ1) is 44.5. The second-order valence-electron chi connectivity index (χ2n) is 24.7. The topological polar surface area (TPSA) is 500 Å². The Morgan fingerprint density at radius 3 is 0.914 bits per heavy atom. The van der Waals surface area contributed by atoms with Crippen molar-refractivity contribution in [1.29, 1.82) is 0 Å². The van der Waals surface area contributed by atoms with Crippen LogP contribution in [0.3, 0.4) is 0 Å². The Kier molecular flexibility index (Phi) is 31.3. The van der Waals surface area contributed by atoms with E-state index < -0.39 is 108 Å². The molecule has 0 saturated carbocycles. The third kappa shape index (κ3) is 25.0. The lowest BCUT2D eigenvalue weighted by molar-refractivity contribution is -0.136. The summed E-state index contributed by atoms with van der Waals surface area (Å²) in [5, 5.41) is 27.2. The Bertz CT molecular complexity index is 3150. The van der Waals surface area contributed by atoms with Gasteiger partial charge in [0.25, 0.3) is 0 Å². The molecule has 4 aromatic rings. The van der Waals surface area contributed by atoms with Crippen molar-refractivity contribution in [3.63, 3.8) is 0 Å². The molecule has 1 aliphatic heterocycles. The van der Waals surface area contributed by atoms with E-state index in [1.807, 2.05) is 76.2 Å². The number of fused-ring (bicyclic) bond motifs is 2. The number of aliphatic imine (C=N–C) groups is 2. The SMILES string of the molecule is CC(C)C[C@@H]1NC(=O)[C@H](Cc2c[nH]c3ccccc23)NC(=O)[C@H](CC(C)C)NC(=O)[C@H](Cc2c[nH]c3ccccc23)NC(=O)[C@H](CCCN=C(N)N)NC(=O)[C@H](CCCCN)NC(=O)[C@H](CCCN=C(N)N)NC(=O)[C@H](CCCCN)NC(=O)[C@H](CCCCN)NC1=O. The predicted octanol–water partition coefficient (Wildman–Crippen LogP) is -0.602. The third-order valence-corrected chi connectivity index (χ3v) is 16.0. The maximum atomic E-state index is 15.2. The number of para-hydroxylation sites is 2. The first kappa shape index (κ1) is 74.9. The summed E-state index contributed by atoms with van der Waals surface area (Å²) in [6.07, 6.45) is 6.11. The van der Waals surface area contributed by atoms with Gasteiger partial charge in [-0.2, -0.15) is 0 Å². The molecule has 9 atom stereocenters. The highest BCUT2D eigenvalue weighted by molar-refractivity contribution is 6.00. The number of nitrogens with two attached hydrogens (primary N) is 7. The second-order valence-corrected chi connectivity index (χ2v) is 24.7. The molecule has 25 N–H and O–H groups in total. The smallest absolute Gasteiger partial charge is 0.243 e. The molecule has 0 unspecified atom stereocenters. The molecule has 5 rings (SSSR count). The first-order valence-corrected chi connectivity index (χ1v) is 32.6. The van der Waals surface area contributed by atoms with E-state index in [9.17, 15) is 24.0 Å². The van der Waals surface area contributed by atoms with E-state index in [0.717, 1.165) is 21.8 Å². The number of nitrogens with one attached hydrogen (secondary N) is 11. The van der Waals surface area contributed by atoms with Gasteiger partial charge in [-0.1, -0.05) is 64.1 Å². The number of benzene rings is 2. The number of unbranched alkanes of at least 4 members (excludes halogenated alkanes) is 3. The Labute approximate surface area is 543 Å². The first-order valence-electron chi connectivity index (χ1n) is 32.6. The van der Waals surface area contributed by atoms with Gasteiger partial charge in [0.05, 0.1) is 0 Å². The number of rotatable bonds is 28. The van der Waals surface area contributed by atoms with Crippen molar-refractivity contribution in [2.45, 2.75) is 191 Å². The van der Waals surface area contributed by atoms with Gasteiger partial charge in [0.15, 0.2) is 11.9 Å². The van der Waals surface area contributed by atoms with E-state index in [-0.39, 0.29) is 127 Å². The van der Waals surface area contributed by atoms with Gasteiger partial charge < -0.3 is 98.0 Å². The van der Waals surface area contributed by atoms with Crippen LogP contribution in [-0.2, 0) is 56.0 Å². The van der Waals surface area contributed by atoms with Crippen LogP contribution in [0, 0.1) is 11.8 Å². The Hall–Kier alpha value is -8.83. The molecule has 29 nitrogen and oxygen atoms in total. The summed E-state index contributed by atoms with van der Waals surface area (Å²) in [7, 11) is 0. The van der Waals surface area contributed by atoms with Gasteiger partial charge in [0.1, 0.15) is 54.4 Å². The Morgan fingerprint density at radius 2 is 0.624 bits per heavy atom. The van der Waals surface area contributed by atoms with E-state index >= 15 is 19.2 Å². The summed E-state index contributed by atoms with van der Waals surface area (Å²) in [4.78, 5) is 149. The molecule has 93 heavy (non-hydrogen) atoms. The lowest BCUT2D eigenvalue weighted by Crippen LogP contribution is -2.61. The van der Waals surface area contributed by atoms with Crippen LogP contribution in [0.5, 0.6) is 0 Å². The highest BCUT2D eigenvalue weighted by Crippen LogP contribution is 2.22. The van der Waals surface area contributed by atoms with Crippen LogP contribution in [0.1, 0.15) is 135 Å². The van der Waals surface area contributed by atoms with E-state index in [1.54, 1.807) is 12.4 Å². The number of aromatic amines is 2. The van der Waals surface area contributed by atoms with E-state index in [0.29, 0.717) is 49.7 Å². The van der Waals surface area contributed by atoms with Crippen LogP contribution >= 0.6 is 0 Å². The van der Waals surface area contributed by atoms with Crippen LogP contribution in [0.25, 0.3) is 21.8 Å². The van der Waals surface area contributed by atoms with Crippen molar-refractivity contribution >= 4 is 86.9 Å². The van der Waals surface area contributed by atoms with E-state index in [2.05, 4.69) is 67.8 Å². The van der Waals surface area contributed by atoms with Crippen molar-refractivity contribution < 1.29 is 43.2 Å². The fourth-order valence-corrected chi connectivity index (χ4v) is 11.1. The molecule has 0 bridgehead atoms. The molecular formula is C64H102N20O9. The summed E-state index contributed by atoms with van der Waals surface area (Å²) in [6, 6.07) is 2.72. The zero-order chi connectivity index (χ0) is 68.0. The fraction of sp³-hybridized carbons (Fsp3) is 0.578. The van der Waals surface area contributed by atoms with Crippen molar-refractivity contribution in [3.8, 4) is 0 Å². The Morgan fingerprint density at radius 1 is 0.366 bits per heavy atom. The minimum absolute atomic E-state index is 0.0213. The molecule has 2 aromatic carbocycles. The molecular weight excluding hydrogens is 1190 g/mol. The molecule has 2 aromatic heterocycles. The monoisotopic (exact) mass is 1290 g/mol. The van der Waals surface area contributed by atoms with Crippen LogP contribution in [0.4, 0.5) is 0 Å². The number of nitrogens with zero attached hydrogens (tertiary/aromatic N) is 2. The van der Waals surface area contributed by atoms with E-state index in [4.69, 9.17) is 40.1 Å². The molecule has 512 valence electrons. The molecule has 1 aliphatic rings. The van der Waals surface area contributed by atoms with Crippen molar-refractivity contribution in [2.75, 3.05) is 32.7 Å². The van der Waals surface area contributed by atoms with Gasteiger partial charge in [-0.15, -0.1) is 0 Å². The molecule has 0 radical (unpaired) electrons. The zero-order valence-corrected chi connectivity index (χ0v) is 54.3. The van der Waals surface area contributed by atoms with Gasteiger partial charge in [0.2, 0.25) is 53.2 Å².